The van der Waals surface area contributed by atoms with Crippen molar-refractivity contribution in [2.45, 2.75) is 69.1 Å². The molecule has 0 radical (unpaired) electrons. The molecule has 8 nitrogen and oxygen atoms in total. The molecule has 2 aliphatic heterocycles. The summed E-state index contributed by atoms with van der Waals surface area (Å²) >= 11 is 1.29. The Morgan fingerprint density at radius 1 is 1.03 bits per heavy atom. The van der Waals surface area contributed by atoms with E-state index in [1.54, 1.807) is 12.1 Å². The number of aromatic nitrogens is 4. The smallest absolute Gasteiger partial charge is 0.185 e. The van der Waals surface area contributed by atoms with Crippen LogP contribution in [-0.4, -0.2) is 49.4 Å². The average Bonchev–Trinajstić information content (AvgIpc) is 3.54. The molecule has 33 heavy (non-hydrogen) atoms. The first kappa shape index (κ1) is 20.5. The number of nitrogens with one attached hydrogen (secondary N) is 1. The van der Waals surface area contributed by atoms with Crippen LogP contribution in [0.5, 0.6) is 5.75 Å². The topological polar surface area (TPSA) is 111 Å². The number of nitrogens with zero attached hydrogens (tertiary/aromatic N) is 6. The summed E-state index contributed by atoms with van der Waals surface area (Å²) in [4.78, 5) is 11.8. The summed E-state index contributed by atoms with van der Waals surface area (Å²) in [6.45, 7) is 0. The minimum atomic E-state index is 0.0704. The normalized spacial score (nSPS) is 24.3. The van der Waals surface area contributed by atoms with Gasteiger partial charge < -0.3 is 15.3 Å². The van der Waals surface area contributed by atoms with Crippen LogP contribution in [0.25, 0.3) is 22.0 Å². The fourth-order valence-corrected chi connectivity index (χ4v) is 6.02. The van der Waals surface area contributed by atoms with E-state index in [9.17, 15) is 5.11 Å². The van der Waals surface area contributed by atoms with E-state index < -0.39 is 0 Å². The SMILES string of the molecule is N#Cc1cnc(-c2ccc(-c3ncc(N(C4CC4)C4C[C@H]5CCC[C@@H](C4)N5)nn3)c(O)c2)s1. The lowest BCUT2D eigenvalue weighted by Gasteiger charge is -2.45. The molecule has 6 rings (SSSR count). The quantitative estimate of drug-likeness (QED) is 0.591. The molecule has 2 bridgehead atoms. The molecule has 2 N–H and O–H groups in total. The van der Waals surface area contributed by atoms with Crippen LogP contribution in [0.4, 0.5) is 5.82 Å². The number of hydrogen-bond acceptors (Lipinski definition) is 9. The van der Waals surface area contributed by atoms with E-state index in [1.165, 1.54) is 49.6 Å². The Bertz CT molecular complexity index is 1190. The zero-order valence-electron chi connectivity index (χ0n) is 18.2. The molecule has 3 aliphatic rings. The lowest BCUT2D eigenvalue weighted by Crippen LogP contribution is -2.55. The number of thiazole rings is 1. The van der Waals surface area contributed by atoms with Crippen LogP contribution >= 0.6 is 11.3 Å². The highest BCUT2D eigenvalue weighted by Crippen LogP contribution is 2.38. The predicted molar refractivity (Wildman–Crippen MR) is 126 cm³/mol. The Hall–Kier alpha value is -3.09. The van der Waals surface area contributed by atoms with Crippen molar-refractivity contribution in [1.82, 2.24) is 25.5 Å². The van der Waals surface area contributed by atoms with E-state index >= 15 is 0 Å². The third-order valence-electron chi connectivity index (χ3n) is 6.94. The number of phenols is 1. The highest BCUT2D eigenvalue weighted by atomic mass is 32.1. The minimum Gasteiger partial charge on any atom is -0.507 e. The van der Waals surface area contributed by atoms with E-state index in [-0.39, 0.29) is 5.75 Å². The molecule has 1 aliphatic carbocycles. The molecule has 3 fully saturated rings. The van der Waals surface area contributed by atoms with Gasteiger partial charge in [-0.3, -0.25) is 0 Å². The second-order valence-corrected chi connectivity index (χ2v) is 10.3. The minimum absolute atomic E-state index is 0.0704. The first-order chi connectivity index (χ1) is 16.2. The van der Waals surface area contributed by atoms with E-state index in [0.717, 1.165) is 24.2 Å². The number of benzene rings is 1. The van der Waals surface area contributed by atoms with Gasteiger partial charge in [-0.2, -0.15) is 5.26 Å². The Labute approximate surface area is 196 Å². The molecule has 2 saturated heterocycles. The molecule has 0 spiro atoms. The molecule has 1 unspecified atom stereocenters. The van der Waals surface area contributed by atoms with Gasteiger partial charge in [0.15, 0.2) is 11.6 Å². The molecule has 2 aromatic heterocycles. The van der Waals surface area contributed by atoms with Crippen LogP contribution in [-0.2, 0) is 0 Å². The van der Waals surface area contributed by atoms with Gasteiger partial charge in [-0.05, 0) is 50.7 Å². The van der Waals surface area contributed by atoms with Crippen LogP contribution in [0.2, 0.25) is 0 Å². The Kier molecular flexibility index (Phi) is 5.19. The van der Waals surface area contributed by atoms with Crippen LogP contribution in [0, 0.1) is 11.3 Å². The van der Waals surface area contributed by atoms with Crippen molar-refractivity contribution in [2.75, 3.05) is 4.90 Å². The Morgan fingerprint density at radius 3 is 2.48 bits per heavy atom. The van der Waals surface area contributed by atoms with Crippen LogP contribution in [0.1, 0.15) is 49.8 Å². The van der Waals surface area contributed by atoms with Gasteiger partial charge in [0.1, 0.15) is 21.7 Å². The molecule has 3 aromatic rings. The van der Waals surface area contributed by atoms with Gasteiger partial charge in [-0.1, -0.05) is 12.5 Å². The summed E-state index contributed by atoms with van der Waals surface area (Å²) in [6.07, 6.45) is 11.9. The van der Waals surface area contributed by atoms with Gasteiger partial charge >= 0.3 is 0 Å². The number of phenolic OH excluding ortho intramolecular Hbond substituents is 1. The zero-order chi connectivity index (χ0) is 22.4. The van der Waals surface area contributed by atoms with Crippen LogP contribution in [0.15, 0.2) is 30.6 Å². The summed E-state index contributed by atoms with van der Waals surface area (Å²) in [5.74, 6) is 1.31. The first-order valence-corrected chi connectivity index (χ1v) is 12.4. The fraction of sp³-hybridized carbons (Fsp3) is 0.458. The molecular weight excluding hydrogens is 434 g/mol. The van der Waals surface area contributed by atoms with Crippen molar-refractivity contribution in [1.29, 1.82) is 5.26 Å². The third kappa shape index (κ3) is 4.05. The molecular formula is C24H25N7OS. The highest BCUT2D eigenvalue weighted by molar-refractivity contribution is 7.15. The number of nitriles is 1. The summed E-state index contributed by atoms with van der Waals surface area (Å²) in [6, 6.07) is 9.61. The van der Waals surface area contributed by atoms with Crippen molar-refractivity contribution < 1.29 is 5.11 Å². The number of piperidine rings is 2. The van der Waals surface area contributed by atoms with Crippen molar-refractivity contribution in [3.05, 3.63) is 35.5 Å². The molecule has 0 amide bonds. The molecule has 1 saturated carbocycles. The molecule has 1 aromatic carbocycles. The molecule has 4 heterocycles. The number of aromatic hydroxyl groups is 1. The van der Waals surface area contributed by atoms with E-state index in [0.29, 0.717) is 45.4 Å². The van der Waals surface area contributed by atoms with E-state index in [2.05, 4.69) is 36.5 Å². The van der Waals surface area contributed by atoms with Gasteiger partial charge in [0.25, 0.3) is 0 Å². The zero-order valence-corrected chi connectivity index (χ0v) is 19.0. The third-order valence-corrected chi connectivity index (χ3v) is 7.89. The average molecular weight is 460 g/mol. The lowest BCUT2D eigenvalue weighted by atomic mass is 9.83. The van der Waals surface area contributed by atoms with Crippen molar-refractivity contribution in [3.8, 4) is 33.8 Å². The number of rotatable bonds is 5. The summed E-state index contributed by atoms with van der Waals surface area (Å²) in [5, 5.41) is 33.1. The van der Waals surface area contributed by atoms with Crippen LogP contribution in [0.3, 0.4) is 0 Å². The summed E-state index contributed by atoms with van der Waals surface area (Å²) < 4.78 is 0. The molecule has 9 heteroatoms. The first-order valence-electron chi connectivity index (χ1n) is 11.6. The van der Waals surface area contributed by atoms with Gasteiger partial charge in [-0.25, -0.2) is 9.97 Å². The standard InChI is InChI=1S/C24H25N7OS/c25-11-19-12-27-24(33-19)14-4-7-20(21(32)8-14)23-26-13-22(29-30-23)31(17-5-6-17)18-9-15-2-1-3-16(10-18)28-15/h4,7-8,12-13,15-18,28,32H,1-3,5-6,9-10H2/t15-,16+,18?. The van der Waals surface area contributed by atoms with Gasteiger partial charge in [0.05, 0.1) is 18.0 Å². The second-order valence-electron chi connectivity index (χ2n) is 9.27. The monoisotopic (exact) mass is 459 g/mol. The largest absolute Gasteiger partial charge is 0.507 e. The Balaban J connectivity index is 1.24. The second kappa shape index (κ2) is 8.36. The number of anilines is 1. The van der Waals surface area contributed by atoms with Gasteiger partial charge in [-0.15, -0.1) is 21.5 Å². The maximum Gasteiger partial charge on any atom is 0.185 e. The Morgan fingerprint density at radius 2 is 1.85 bits per heavy atom. The fourth-order valence-electron chi connectivity index (χ4n) is 5.31. The number of hydrogen-bond donors (Lipinski definition) is 2. The molecule has 3 atom stereocenters. The maximum absolute atomic E-state index is 10.6. The number of fused-ring (bicyclic) bond motifs is 2. The summed E-state index contributed by atoms with van der Waals surface area (Å²) in [7, 11) is 0. The van der Waals surface area contributed by atoms with Crippen molar-refractivity contribution in [3.63, 3.8) is 0 Å². The van der Waals surface area contributed by atoms with Crippen molar-refractivity contribution >= 4 is 17.2 Å². The van der Waals surface area contributed by atoms with Crippen LogP contribution < -0.4 is 10.2 Å². The predicted octanol–water partition coefficient (Wildman–Crippen LogP) is 3.88. The van der Waals surface area contributed by atoms with Gasteiger partial charge in [0.2, 0.25) is 0 Å². The van der Waals surface area contributed by atoms with E-state index in [1.807, 2.05) is 12.3 Å². The maximum atomic E-state index is 10.6. The lowest BCUT2D eigenvalue weighted by molar-refractivity contribution is 0.215. The van der Waals surface area contributed by atoms with E-state index in [4.69, 9.17) is 5.26 Å². The summed E-state index contributed by atoms with van der Waals surface area (Å²) in [5.41, 5.74) is 1.29. The highest BCUT2D eigenvalue weighted by Gasteiger charge is 2.40. The van der Waals surface area contributed by atoms with Crippen molar-refractivity contribution in [2.24, 2.45) is 0 Å². The van der Waals surface area contributed by atoms with Gasteiger partial charge in [0, 0.05) is 29.7 Å². The molecule has 168 valence electrons.